The molecule has 0 atom stereocenters. The minimum Gasteiger partial charge on any atom is -0.365 e. The van der Waals surface area contributed by atoms with E-state index in [9.17, 15) is 19.7 Å². The molecule has 1 heterocycles. The van der Waals surface area contributed by atoms with Crippen LogP contribution in [0, 0.1) is 17.0 Å². The molecule has 21 heavy (non-hydrogen) atoms. The first-order chi connectivity index (χ1) is 9.88. The smallest absolute Gasteiger partial charge is 0.286 e. The first-order valence-electron chi connectivity index (χ1n) is 6.12. The molecule has 1 amide bonds. The van der Waals surface area contributed by atoms with Crippen LogP contribution in [0.15, 0.2) is 41.3 Å². The van der Waals surface area contributed by atoms with Gasteiger partial charge in [0.05, 0.1) is 17.7 Å². The van der Waals surface area contributed by atoms with Gasteiger partial charge < -0.3 is 10.3 Å². The summed E-state index contributed by atoms with van der Waals surface area (Å²) in [7, 11) is 0. The van der Waals surface area contributed by atoms with Gasteiger partial charge in [-0.05, 0) is 12.5 Å². The molecule has 0 radical (unpaired) electrons. The highest BCUT2D eigenvalue weighted by Crippen LogP contribution is 2.12. The lowest BCUT2D eigenvalue weighted by molar-refractivity contribution is -0.385. The maximum absolute atomic E-state index is 12.1. The molecule has 2 rings (SSSR count). The van der Waals surface area contributed by atoms with Crippen molar-refractivity contribution in [2.45, 2.75) is 13.5 Å². The molecule has 0 fully saturated rings. The molecule has 7 heteroatoms. The summed E-state index contributed by atoms with van der Waals surface area (Å²) in [5, 5.41) is 10.9. The molecule has 0 saturated heterocycles. The standard InChI is InChI=1S/C14H13N3O4/c1-9-3-2-4-10(5-9)7-16-8-11(17(20)21)6-12(13(15)18)14(16)19/h2-6,8H,7H2,1H3,(H2,15,18). The van der Waals surface area contributed by atoms with Crippen LogP contribution in [0.5, 0.6) is 0 Å². The van der Waals surface area contributed by atoms with Crippen LogP contribution in [0.3, 0.4) is 0 Å². The zero-order valence-electron chi connectivity index (χ0n) is 11.3. The van der Waals surface area contributed by atoms with E-state index < -0.39 is 22.0 Å². The maximum Gasteiger partial charge on any atom is 0.286 e. The van der Waals surface area contributed by atoms with Crippen molar-refractivity contribution in [3.63, 3.8) is 0 Å². The van der Waals surface area contributed by atoms with Crippen molar-refractivity contribution in [2.75, 3.05) is 0 Å². The van der Waals surface area contributed by atoms with Crippen LogP contribution >= 0.6 is 0 Å². The molecule has 108 valence electrons. The number of aromatic nitrogens is 1. The molecule has 0 aliphatic heterocycles. The van der Waals surface area contributed by atoms with Gasteiger partial charge in [-0.15, -0.1) is 0 Å². The van der Waals surface area contributed by atoms with Crippen molar-refractivity contribution in [3.8, 4) is 0 Å². The van der Waals surface area contributed by atoms with Gasteiger partial charge in [-0.1, -0.05) is 29.8 Å². The lowest BCUT2D eigenvalue weighted by Crippen LogP contribution is -2.30. The Labute approximate surface area is 119 Å². The Bertz CT molecular complexity index is 780. The number of aryl methyl sites for hydroxylation is 1. The van der Waals surface area contributed by atoms with Gasteiger partial charge in [-0.3, -0.25) is 19.7 Å². The van der Waals surface area contributed by atoms with E-state index >= 15 is 0 Å². The molecule has 2 aromatic rings. The highest BCUT2D eigenvalue weighted by atomic mass is 16.6. The van der Waals surface area contributed by atoms with Crippen molar-refractivity contribution in [2.24, 2.45) is 5.73 Å². The third-order valence-electron chi connectivity index (χ3n) is 2.98. The molecule has 1 aromatic heterocycles. The second-order valence-electron chi connectivity index (χ2n) is 4.66. The summed E-state index contributed by atoms with van der Waals surface area (Å²) in [5.74, 6) is -0.985. The number of nitrogens with zero attached hydrogens (tertiary/aromatic N) is 2. The van der Waals surface area contributed by atoms with Gasteiger partial charge in [0, 0.05) is 6.07 Å². The van der Waals surface area contributed by atoms with Crippen molar-refractivity contribution in [3.05, 3.63) is 73.7 Å². The van der Waals surface area contributed by atoms with Crippen LogP contribution in [-0.2, 0) is 6.54 Å². The van der Waals surface area contributed by atoms with Crippen molar-refractivity contribution in [1.82, 2.24) is 4.57 Å². The Hall–Kier alpha value is -2.96. The average Bonchev–Trinajstić information content (AvgIpc) is 2.40. The zero-order chi connectivity index (χ0) is 15.6. The van der Waals surface area contributed by atoms with Crippen molar-refractivity contribution in [1.29, 1.82) is 0 Å². The first kappa shape index (κ1) is 14.4. The van der Waals surface area contributed by atoms with Crippen molar-refractivity contribution < 1.29 is 9.72 Å². The number of hydrogen-bond acceptors (Lipinski definition) is 4. The molecular formula is C14H13N3O4. The molecule has 2 N–H and O–H groups in total. The van der Waals surface area contributed by atoms with Crippen molar-refractivity contribution >= 4 is 11.6 Å². The largest absolute Gasteiger partial charge is 0.365 e. The number of rotatable bonds is 4. The summed E-state index contributed by atoms with van der Waals surface area (Å²) in [4.78, 5) is 33.6. The van der Waals surface area contributed by atoms with E-state index in [1.807, 2.05) is 25.1 Å². The second-order valence-corrected chi connectivity index (χ2v) is 4.66. The predicted molar refractivity (Wildman–Crippen MR) is 76.2 cm³/mol. The minimum absolute atomic E-state index is 0.127. The quantitative estimate of drug-likeness (QED) is 0.673. The van der Waals surface area contributed by atoms with Gasteiger partial charge >= 0.3 is 0 Å². The topological polar surface area (TPSA) is 108 Å². The number of benzene rings is 1. The van der Waals surface area contributed by atoms with Crippen LogP contribution in [0.4, 0.5) is 5.69 Å². The van der Waals surface area contributed by atoms with E-state index in [4.69, 9.17) is 5.73 Å². The Morgan fingerprint density at radius 3 is 2.67 bits per heavy atom. The van der Waals surface area contributed by atoms with Gasteiger partial charge in [-0.2, -0.15) is 0 Å². The summed E-state index contributed by atoms with van der Waals surface area (Å²) in [6.45, 7) is 2.02. The molecule has 0 aliphatic carbocycles. The number of nitrogens with two attached hydrogens (primary N) is 1. The van der Waals surface area contributed by atoms with E-state index in [0.717, 1.165) is 28.0 Å². The predicted octanol–water partition coefficient (Wildman–Crippen LogP) is 1.21. The number of carbonyl (C=O) groups is 1. The molecule has 7 nitrogen and oxygen atoms in total. The Morgan fingerprint density at radius 2 is 2.10 bits per heavy atom. The van der Waals surface area contributed by atoms with Crippen LogP contribution in [0.25, 0.3) is 0 Å². The zero-order valence-corrected chi connectivity index (χ0v) is 11.3. The lowest BCUT2D eigenvalue weighted by atomic mass is 10.1. The number of hydrogen-bond donors (Lipinski definition) is 1. The maximum atomic E-state index is 12.1. The fourth-order valence-corrected chi connectivity index (χ4v) is 2.02. The minimum atomic E-state index is -0.985. The summed E-state index contributed by atoms with van der Waals surface area (Å²) in [6, 6.07) is 8.27. The molecular weight excluding hydrogens is 274 g/mol. The monoisotopic (exact) mass is 287 g/mol. The third-order valence-corrected chi connectivity index (χ3v) is 2.98. The Morgan fingerprint density at radius 1 is 1.38 bits per heavy atom. The Balaban J connectivity index is 2.54. The normalized spacial score (nSPS) is 10.3. The lowest BCUT2D eigenvalue weighted by Gasteiger charge is -2.08. The van der Waals surface area contributed by atoms with E-state index in [0.29, 0.717) is 0 Å². The van der Waals surface area contributed by atoms with Crippen LogP contribution < -0.4 is 11.3 Å². The number of primary amides is 1. The van der Waals surface area contributed by atoms with E-state index in [1.54, 1.807) is 6.07 Å². The molecule has 0 saturated carbocycles. The van der Waals surface area contributed by atoms with Gasteiger partial charge in [0.2, 0.25) is 0 Å². The molecule has 0 bridgehead atoms. The van der Waals surface area contributed by atoms with Gasteiger partial charge in [0.25, 0.3) is 17.2 Å². The van der Waals surface area contributed by atoms with E-state index in [1.165, 1.54) is 0 Å². The highest BCUT2D eigenvalue weighted by molar-refractivity contribution is 5.92. The highest BCUT2D eigenvalue weighted by Gasteiger charge is 2.17. The number of nitro groups is 1. The SMILES string of the molecule is Cc1cccc(Cn2cc([N+](=O)[O-])cc(C(N)=O)c2=O)c1. The van der Waals surface area contributed by atoms with E-state index in [2.05, 4.69) is 0 Å². The number of carbonyl (C=O) groups excluding carboxylic acids is 1. The summed E-state index contributed by atoms with van der Waals surface area (Å²) >= 11 is 0. The fourth-order valence-electron chi connectivity index (χ4n) is 2.02. The van der Waals surface area contributed by atoms with E-state index in [-0.39, 0.29) is 12.2 Å². The van der Waals surface area contributed by atoms with Gasteiger partial charge in [0.1, 0.15) is 5.56 Å². The Kier molecular flexibility index (Phi) is 3.84. The molecule has 1 aromatic carbocycles. The second kappa shape index (κ2) is 5.58. The first-order valence-corrected chi connectivity index (χ1v) is 6.12. The number of pyridine rings is 1. The molecule has 0 spiro atoms. The van der Waals surface area contributed by atoms with Gasteiger partial charge in [0.15, 0.2) is 0 Å². The molecule has 0 unspecified atom stereocenters. The third kappa shape index (κ3) is 3.14. The summed E-state index contributed by atoms with van der Waals surface area (Å²) in [6.07, 6.45) is 1.11. The summed E-state index contributed by atoms with van der Waals surface area (Å²) in [5.41, 5.74) is 5.51. The summed E-state index contributed by atoms with van der Waals surface area (Å²) < 4.78 is 1.12. The van der Waals surface area contributed by atoms with Crippen LogP contribution in [0.2, 0.25) is 0 Å². The molecule has 0 aliphatic rings. The van der Waals surface area contributed by atoms with Gasteiger partial charge in [-0.25, -0.2) is 0 Å². The number of amides is 1. The average molecular weight is 287 g/mol. The fraction of sp³-hybridized carbons (Fsp3) is 0.143. The van der Waals surface area contributed by atoms with Crippen LogP contribution in [0.1, 0.15) is 21.5 Å². The van der Waals surface area contributed by atoms with Crippen LogP contribution in [-0.4, -0.2) is 15.4 Å².